The van der Waals surface area contributed by atoms with Crippen molar-refractivity contribution in [1.82, 2.24) is 0 Å². The molecule has 0 radical (unpaired) electrons. The van der Waals surface area contributed by atoms with Gasteiger partial charge in [0.25, 0.3) is 11.6 Å². The van der Waals surface area contributed by atoms with E-state index in [0.29, 0.717) is 5.69 Å². The normalized spacial score (nSPS) is 10.2. The number of nitro benzene ring substituents is 1. The zero-order valence-electron chi connectivity index (χ0n) is 11.3. The van der Waals surface area contributed by atoms with Crippen LogP contribution in [0.1, 0.15) is 22.8 Å². The van der Waals surface area contributed by atoms with E-state index in [1.807, 2.05) is 19.1 Å². The van der Waals surface area contributed by atoms with E-state index in [4.69, 9.17) is 11.6 Å². The van der Waals surface area contributed by atoms with Gasteiger partial charge >= 0.3 is 0 Å². The van der Waals surface area contributed by atoms with Crippen molar-refractivity contribution >= 4 is 28.9 Å². The summed E-state index contributed by atoms with van der Waals surface area (Å²) in [5.74, 6) is -0.528. The first-order valence-corrected chi connectivity index (χ1v) is 6.74. The van der Waals surface area contributed by atoms with E-state index < -0.39 is 10.8 Å². The summed E-state index contributed by atoms with van der Waals surface area (Å²) in [4.78, 5) is 22.7. The lowest BCUT2D eigenvalue weighted by Gasteiger charge is -2.10. The van der Waals surface area contributed by atoms with Gasteiger partial charge in [0.2, 0.25) is 0 Å². The molecule has 2 rings (SSSR count). The average Bonchev–Trinajstić information content (AvgIpc) is 2.47. The first-order valence-electron chi connectivity index (χ1n) is 6.36. The van der Waals surface area contributed by atoms with Crippen LogP contribution in [0.3, 0.4) is 0 Å². The molecule has 21 heavy (non-hydrogen) atoms. The molecule has 108 valence electrons. The van der Waals surface area contributed by atoms with E-state index in [9.17, 15) is 14.9 Å². The predicted octanol–water partition coefficient (Wildman–Crippen LogP) is 4.06. The predicted molar refractivity (Wildman–Crippen MR) is 81.9 cm³/mol. The molecule has 1 N–H and O–H groups in total. The lowest BCUT2D eigenvalue weighted by Crippen LogP contribution is -2.15. The summed E-state index contributed by atoms with van der Waals surface area (Å²) in [6.45, 7) is 1.97. The molecule has 0 bridgehead atoms. The summed E-state index contributed by atoms with van der Waals surface area (Å²) in [6, 6.07) is 11.3. The Balaban J connectivity index is 2.35. The van der Waals surface area contributed by atoms with E-state index in [-0.39, 0.29) is 16.3 Å². The van der Waals surface area contributed by atoms with Gasteiger partial charge in [0.1, 0.15) is 5.56 Å². The molecule has 0 saturated carbocycles. The second-order valence-corrected chi connectivity index (χ2v) is 4.82. The van der Waals surface area contributed by atoms with Gasteiger partial charge in [0.15, 0.2) is 0 Å². The Labute approximate surface area is 126 Å². The van der Waals surface area contributed by atoms with Crippen LogP contribution in [-0.2, 0) is 6.42 Å². The Morgan fingerprint density at radius 3 is 2.67 bits per heavy atom. The first-order chi connectivity index (χ1) is 10.0. The largest absolute Gasteiger partial charge is 0.322 e. The number of benzene rings is 2. The van der Waals surface area contributed by atoms with Crippen LogP contribution in [0, 0.1) is 10.1 Å². The highest BCUT2D eigenvalue weighted by molar-refractivity contribution is 6.31. The number of halogens is 1. The molecule has 2 aromatic carbocycles. The minimum absolute atomic E-state index is 0.0182. The molecule has 2 aromatic rings. The van der Waals surface area contributed by atoms with Crippen LogP contribution in [0.5, 0.6) is 0 Å². The van der Waals surface area contributed by atoms with Crippen LogP contribution in [0.15, 0.2) is 42.5 Å². The molecule has 5 nitrogen and oxygen atoms in total. The number of carbonyl (C=O) groups excluding carboxylic acids is 1. The molecule has 0 heterocycles. The SMILES string of the molecule is CCc1ccccc1NC(=O)c1ccc(Cl)cc1[N+](=O)[O-]. The Morgan fingerprint density at radius 1 is 1.29 bits per heavy atom. The van der Waals surface area contributed by atoms with Gasteiger partial charge in [-0.25, -0.2) is 0 Å². The van der Waals surface area contributed by atoms with Crippen LogP contribution in [0.25, 0.3) is 0 Å². The molecule has 0 aromatic heterocycles. The van der Waals surface area contributed by atoms with Crippen molar-refractivity contribution in [3.63, 3.8) is 0 Å². The second kappa shape index (κ2) is 6.37. The van der Waals surface area contributed by atoms with Crippen LogP contribution >= 0.6 is 11.6 Å². The van der Waals surface area contributed by atoms with Gasteiger partial charge in [0, 0.05) is 16.8 Å². The van der Waals surface area contributed by atoms with Crippen molar-refractivity contribution in [2.45, 2.75) is 13.3 Å². The third kappa shape index (κ3) is 3.38. The van der Waals surface area contributed by atoms with Gasteiger partial charge in [-0.3, -0.25) is 14.9 Å². The fraction of sp³-hybridized carbons (Fsp3) is 0.133. The Hall–Kier alpha value is -2.40. The third-order valence-electron chi connectivity index (χ3n) is 3.05. The van der Waals surface area contributed by atoms with E-state index >= 15 is 0 Å². The number of carbonyl (C=O) groups is 1. The molecule has 0 atom stereocenters. The van der Waals surface area contributed by atoms with Crippen LogP contribution in [0.4, 0.5) is 11.4 Å². The maximum atomic E-state index is 12.3. The molecular formula is C15H13ClN2O3. The molecule has 0 fully saturated rings. The topological polar surface area (TPSA) is 72.2 Å². The Morgan fingerprint density at radius 2 is 2.00 bits per heavy atom. The summed E-state index contributed by atoms with van der Waals surface area (Å²) in [5, 5.41) is 13.9. The van der Waals surface area contributed by atoms with Crippen molar-refractivity contribution in [2.24, 2.45) is 0 Å². The Kier molecular flexibility index (Phi) is 4.55. The van der Waals surface area contributed by atoms with Gasteiger partial charge in [0.05, 0.1) is 4.92 Å². The summed E-state index contributed by atoms with van der Waals surface area (Å²) >= 11 is 5.74. The molecular weight excluding hydrogens is 292 g/mol. The highest BCUT2D eigenvalue weighted by Gasteiger charge is 2.21. The Bertz CT molecular complexity index is 701. The smallest absolute Gasteiger partial charge is 0.283 e. The van der Waals surface area contributed by atoms with E-state index in [1.165, 1.54) is 18.2 Å². The highest BCUT2D eigenvalue weighted by atomic mass is 35.5. The number of anilines is 1. The average molecular weight is 305 g/mol. The zero-order valence-corrected chi connectivity index (χ0v) is 12.1. The molecule has 0 spiro atoms. The zero-order chi connectivity index (χ0) is 15.4. The number of nitro groups is 1. The van der Waals surface area contributed by atoms with E-state index in [0.717, 1.165) is 12.0 Å². The first kappa shape index (κ1) is 15.0. The number of hydrogen-bond acceptors (Lipinski definition) is 3. The summed E-state index contributed by atoms with van der Waals surface area (Å²) in [6.07, 6.45) is 0.749. The maximum Gasteiger partial charge on any atom is 0.283 e. The van der Waals surface area contributed by atoms with Crippen molar-refractivity contribution in [2.75, 3.05) is 5.32 Å². The summed E-state index contributed by atoms with van der Waals surface area (Å²) in [5.41, 5.74) is 1.28. The van der Waals surface area contributed by atoms with E-state index in [2.05, 4.69) is 5.32 Å². The molecule has 0 aliphatic heterocycles. The minimum Gasteiger partial charge on any atom is -0.322 e. The summed E-state index contributed by atoms with van der Waals surface area (Å²) in [7, 11) is 0. The lowest BCUT2D eigenvalue weighted by molar-refractivity contribution is -0.385. The quantitative estimate of drug-likeness (QED) is 0.683. The van der Waals surface area contributed by atoms with Gasteiger partial charge in [-0.15, -0.1) is 0 Å². The minimum atomic E-state index is -0.619. The number of rotatable bonds is 4. The number of para-hydroxylation sites is 1. The second-order valence-electron chi connectivity index (χ2n) is 4.38. The maximum absolute atomic E-state index is 12.3. The fourth-order valence-corrected chi connectivity index (χ4v) is 2.15. The van der Waals surface area contributed by atoms with E-state index in [1.54, 1.807) is 12.1 Å². The highest BCUT2D eigenvalue weighted by Crippen LogP contribution is 2.25. The lowest BCUT2D eigenvalue weighted by atomic mass is 10.1. The van der Waals surface area contributed by atoms with Crippen LogP contribution in [0.2, 0.25) is 5.02 Å². The molecule has 0 unspecified atom stereocenters. The number of nitrogens with zero attached hydrogens (tertiary/aromatic N) is 1. The van der Waals surface area contributed by atoms with Crippen LogP contribution < -0.4 is 5.32 Å². The standard InChI is InChI=1S/C15H13ClN2O3/c1-2-10-5-3-4-6-13(10)17-15(19)12-8-7-11(16)9-14(12)18(20)21/h3-9H,2H2,1H3,(H,17,19). The number of amides is 1. The van der Waals surface area contributed by atoms with Gasteiger partial charge < -0.3 is 5.32 Å². The van der Waals surface area contributed by atoms with Crippen LogP contribution in [-0.4, -0.2) is 10.8 Å². The van der Waals surface area contributed by atoms with Crippen molar-refractivity contribution in [3.05, 3.63) is 68.7 Å². The fourth-order valence-electron chi connectivity index (χ4n) is 1.99. The van der Waals surface area contributed by atoms with Gasteiger partial charge in [-0.2, -0.15) is 0 Å². The molecule has 0 aliphatic rings. The number of nitrogens with one attached hydrogen (secondary N) is 1. The monoisotopic (exact) mass is 304 g/mol. The van der Waals surface area contributed by atoms with Gasteiger partial charge in [-0.1, -0.05) is 36.7 Å². The van der Waals surface area contributed by atoms with Gasteiger partial charge in [-0.05, 0) is 30.2 Å². The van der Waals surface area contributed by atoms with Crippen molar-refractivity contribution < 1.29 is 9.72 Å². The third-order valence-corrected chi connectivity index (χ3v) is 3.28. The summed E-state index contributed by atoms with van der Waals surface area (Å²) < 4.78 is 0. The molecule has 6 heteroatoms. The molecule has 0 saturated heterocycles. The number of aryl methyl sites for hydroxylation is 1. The van der Waals surface area contributed by atoms with Crippen molar-refractivity contribution in [1.29, 1.82) is 0 Å². The molecule has 0 aliphatic carbocycles. The molecule has 1 amide bonds. The number of hydrogen-bond donors (Lipinski definition) is 1. The van der Waals surface area contributed by atoms with Crippen molar-refractivity contribution in [3.8, 4) is 0 Å².